The van der Waals surface area contributed by atoms with Crippen molar-refractivity contribution in [1.29, 1.82) is 0 Å². The predicted molar refractivity (Wildman–Crippen MR) is 60.7 cm³/mol. The van der Waals surface area contributed by atoms with Crippen LogP contribution in [0.3, 0.4) is 0 Å². The Hall–Kier alpha value is -0.570. The number of nitrogens with one attached hydrogen (secondary N) is 1. The summed E-state index contributed by atoms with van der Waals surface area (Å²) < 4.78 is 5.14. The van der Waals surface area contributed by atoms with Crippen LogP contribution in [0, 0.1) is 5.92 Å². The first-order valence-corrected chi connectivity index (χ1v) is 6.04. The summed E-state index contributed by atoms with van der Waals surface area (Å²) in [5.74, 6) is 0.725. The molecule has 1 rings (SSSR count). The molecule has 1 aliphatic carbocycles. The van der Waals surface area contributed by atoms with E-state index in [1.54, 1.807) is 0 Å². The molecule has 0 aromatic heterocycles. The highest BCUT2D eigenvalue weighted by Crippen LogP contribution is 2.34. The number of ether oxygens (including phenoxy) is 1. The molecular formula is C12H23NO2. The fourth-order valence-corrected chi connectivity index (χ4v) is 2.40. The van der Waals surface area contributed by atoms with Crippen molar-refractivity contribution in [3.63, 3.8) is 0 Å². The van der Waals surface area contributed by atoms with Crippen LogP contribution < -0.4 is 5.32 Å². The van der Waals surface area contributed by atoms with Crippen LogP contribution in [-0.2, 0) is 9.53 Å². The van der Waals surface area contributed by atoms with Gasteiger partial charge in [-0.3, -0.25) is 4.79 Å². The second-order valence-electron chi connectivity index (χ2n) is 4.40. The summed E-state index contributed by atoms with van der Waals surface area (Å²) in [6.07, 6.45) is 5.33. The zero-order chi connectivity index (χ0) is 11.3. The standard InChI is InChI=1S/C12H23NO2/c1-4-10-6-8-12(13-3,9-7-10)11(14)15-5-2/h10,13H,4-9H2,1-3H3. The van der Waals surface area contributed by atoms with Gasteiger partial charge in [-0.25, -0.2) is 0 Å². The van der Waals surface area contributed by atoms with Crippen LogP contribution >= 0.6 is 0 Å². The molecule has 3 heteroatoms. The third-order valence-electron chi connectivity index (χ3n) is 3.68. The molecular weight excluding hydrogens is 190 g/mol. The SMILES string of the molecule is CCOC(=O)C1(NC)CCC(CC)CC1. The minimum Gasteiger partial charge on any atom is -0.465 e. The maximum Gasteiger partial charge on any atom is 0.326 e. The molecule has 0 spiro atoms. The third-order valence-corrected chi connectivity index (χ3v) is 3.68. The number of rotatable bonds is 4. The molecule has 0 amide bonds. The number of hydrogen-bond donors (Lipinski definition) is 1. The topological polar surface area (TPSA) is 38.3 Å². The van der Waals surface area contributed by atoms with Gasteiger partial charge in [0.2, 0.25) is 0 Å². The average molecular weight is 213 g/mol. The van der Waals surface area contributed by atoms with E-state index in [2.05, 4.69) is 12.2 Å². The van der Waals surface area contributed by atoms with Crippen molar-refractivity contribution in [2.75, 3.05) is 13.7 Å². The Morgan fingerprint density at radius 3 is 2.40 bits per heavy atom. The summed E-state index contributed by atoms with van der Waals surface area (Å²) in [5, 5.41) is 3.17. The van der Waals surface area contributed by atoms with Crippen molar-refractivity contribution in [3.05, 3.63) is 0 Å². The maximum atomic E-state index is 11.9. The highest BCUT2D eigenvalue weighted by atomic mass is 16.5. The Kier molecular flexibility index (Phi) is 4.58. The molecule has 1 saturated carbocycles. The van der Waals surface area contributed by atoms with Crippen molar-refractivity contribution in [2.24, 2.45) is 5.92 Å². The van der Waals surface area contributed by atoms with Crippen molar-refractivity contribution in [1.82, 2.24) is 5.32 Å². The fraction of sp³-hybridized carbons (Fsp3) is 0.917. The normalized spacial score (nSPS) is 31.3. The van der Waals surface area contributed by atoms with Crippen LogP contribution in [0.5, 0.6) is 0 Å². The van der Waals surface area contributed by atoms with E-state index in [9.17, 15) is 4.79 Å². The molecule has 0 bridgehead atoms. The van der Waals surface area contributed by atoms with E-state index in [4.69, 9.17) is 4.74 Å². The number of hydrogen-bond acceptors (Lipinski definition) is 3. The number of esters is 1. The van der Waals surface area contributed by atoms with Gasteiger partial charge in [0.25, 0.3) is 0 Å². The molecule has 0 radical (unpaired) electrons. The lowest BCUT2D eigenvalue weighted by Gasteiger charge is -2.37. The Labute approximate surface area is 92.6 Å². The van der Waals surface area contributed by atoms with E-state index in [1.807, 2.05) is 14.0 Å². The summed E-state index contributed by atoms with van der Waals surface area (Å²) in [4.78, 5) is 11.9. The van der Waals surface area contributed by atoms with Gasteiger partial charge in [0, 0.05) is 0 Å². The summed E-state index contributed by atoms with van der Waals surface area (Å²) in [5.41, 5.74) is -0.401. The molecule has 0 saturated heterocycles. The molecule has 15 heavy (non-hydrogen) atoms. The lowest BCUT2D eigenvalue weighted by atomic mass is 9.75. The van der Waals surface area contributed by atoms with Gasteiger partial charge in [-0.05, 0) is 45.6 Å². The lowest BCUT2D eigenvalue weighted by molar-refractivity contribution is -0.153. The fourth-order valence-electron chi connectivity index (χ4n) is 2.40. The van der Waals surface area contributed by atoms with Crippen LogP contribution in [0.2, 0.25) is 0 Å². The van der Waals surface area contributed by atoms with Crippen LogP contribution in [0.1, 0.15) is 46.0 Å². The summed E-state index contributed by atoms with van der Waals surface area (Å²) in [6.45, 7) is 4.56. The van der Waals surface area contributed by atoms with Crippen LogP contribution in [0.25, 0.3) is 0 Å². The molecule has 0 heterocycles. The van der Waals surface area contributed by atoms with Crippen molar-refractivity contribution in [3.8, 4) is 0 Å². The maximum absolute atomic E-state index is 11.9. The smallest absolute Gasteiger partial charge is 0.326 e. The highest BCUT2D eigenvalue weighted by Gasteiger charge is 2.41. The lowest BCUT2D eigenvalue weighted by Crippen LogP contribution is -2.53. The molecule has 1 fully saturated rings. The van der Waals surface area contributed by atoms with Crippen LogP contribution in [-0.4, -0.2) is 25.2 Å². The zero-order valence-corrected chi connectivity index (χ0v) is 10.1. The van der Waals surface area contributed by atoms with Crippen molar-refractivity contribution < 1.29 is 9.53 Å². The van der Waals surface area contributed by atoms with Gasteiger partial charge >= 0.3 is 5.97 Å². The molecule has 1 aliphatic rings. The molecule has 3 nitrogen and oxygen atoms in total. The average Bonchev–Trinajstić information content (AvgIpc) is 2.29. The van der Waals surface area contributed by atoms with Crippen molar-refractivity contribution >= 4 is 5.97 Å². The number of carbonyl (C=O) groups excluding carboxylic acids is 1. The highest BCUT2D eigenvalue weighted by molar-refractivity contribution is 5.81. The summed E-state index contributed by atoms with van der Waals surface area (Å²) in [7, 11) is 1.86. The van der Waals surface area contributed by atoms with Gasteiger partial charge in [-0.15, -0.1) is 0 Å². The van der Waals surface area contributed by atoms with Gasteiger partial charge in [-0.1, -0.05) is 13.3 Å². The summed E-state index contributed by atoms with van der Waals surface area (Å²) >= 11 is 0. The van der Waals surface area contributed by atoms with Gasteiger partial charge in [0.15, 0.2) is 0 Å². The van der Waals surface area contributed by atoms with E-state index in [-0.39, 0.29) is 5.97 Å². The zero-order valence-electron chi connectivity index (χ0n) is 10.1. The Balaban J connectivity index is 2.59. The Morgan fingerprint density at radius 2 is 2.00 bits per heavy atom. The van der Waals surface area contributed by atoms with Gasteiger partial charge in [0.1, 0.15) is 5.54 Å². The van der Waals surface area contributed by atoms with Gasteiger partial charge in [-0.2, -0.15) is 0 Å². The van der Waals surface area contributed by atoms with Crippen LogP contribution in [0.15, 0.2) is 0 Å². The first-order valence-electron chi connectivity index (χ1n) is 6.04. The van der Waals surface area contributed by atoms with Gasteiger partial charge in [0.05, 0.1) is 6.61 Å². The predicted octanol–water partition coefficient (Wildman–Crippen LogP) is 2.11. The molecule has 0 unspecified atom stereocenters. The quantitative estimate of drug-likeness (QED) is 0.727. The monoisotopic (exact) mass is 213 g/mol. The molecule has 88 valence electrons. The van der Waals surface area contributed by atoms with Crippen molar-refractivity contribution in [2.45, 2.75) is 51.5 Å². The van der Waals surface area contributed by atoms with E-state index >= 15 is 0 Å². The minimum atomic E-state index is -0.401. The first kappa shape index (κ1) is 12.5. The van der Waals surface area contributed by atoms with Gasteiger partial charge < -0.3 is 10.1 Å². The Bertz CT molecular complexity index is 208. The second kappa shape index (κ2) is 5.50. The third kappa shape index (κ3) is 2.71. The largest absolute Gasteiger partial charge is 0.465 e. The molecule has 0 aromatic rings. The van der Waals surface area contributed by atoms with Crippen LogP contribution in [0.4, 0.5) is 0 Å². The first-order chi connectivity index (χ1) is 7.18. The Morgan fingerprint density at radius 1 is 1.40 bits per heavy atom. The molecule has 0 aromatic carbocycles. The van der Waals surface area contributed by atoms with E-state index in [1.165, 1.54) is 6.42 Å². The second-order valence-corrected chi connectivity index (χ2v) is 4.40. The van der Waals surface area contributed by atoms with E-state index < -0.39 is 5.54 Å². The molecule has 0 atom stereocenters. The summed E-state index contributed by atoms with van der Waals surface area (Å²) in [6, 6.07) is 0. The number of carbonyl (C=O) groups is 1. The minimum absolute atomic E-state index is 0.0675. The molecule has 1 N–H and O–H groups in total. The van der Waals surface area contributed by atoms with E-state index in [0.29, 0.717) is 6.61 Å². The number of likely N-dealkylation sites (N-methyl/N-ethyl adjacent to an activating group) is 1. The molecule has 0 aliphatic heterocycles. The van der Waals surface area contributed by atoms with E-state index in [0.717, 1.165) is 31.6 Å².